The molecule has 1 N–H and O–H groups in total. The Morgan fingerprint density at radius 1 is 1.32 bits per heavy atom. The molecule has 1 saturated heterocycles. The number of likely N-dealkylation sites (tertiary alicyclic amines) is 1. The van der Waals surface area contributed by atoms with Crippen LogP contribution in [0.2, 0.25) is 0 Å². The number of nitrogens with zero attached hydrogens (tertiary/aromatic N) is 3. The van der Waals surface area contributed by atoms with Gasteiger partial charge in [0.05, 0.1) is 11.7 Å². The van der Waals surface area contributed by atoms with E-state index < -0.39 is 0 Å². The van der Waals surface area contributed by atoms with E-state index in [9.17, 15) is 9.59 Å². The van der Waals surface area contributed by atoms with Crippen LogP contribution >= 0.6 is 11.7 Å². The highest BCUT2D eigenvalue weighted by Crippen LogP contribution is 2.23. The average Bonchev–Trinajstić information content (AvgIpc) is 3.09. The first-order valence-corrected chi connectivity index (χ1v) is 9.21. The van der Waals surface area contributed by atoms with Gasteiger partial charge in [0.2, 0.25) is 5.91 Å². The third kappa shape index (κ3) is 4.32. The molecule has 1 aliphatic rings. The summed E-state index contributed by atoms with van der Waals surface area (Å²) in [6.45, 7) is 1.36. The summed E-state index contributed by atoms with van der Waals surface area (Å²) in [5.41, 5.74) is 2.23. The molecule has 0 radical (unpaired) electrons. The molecular formula is C17H22N4O3S. The van der Waals surface area contributed by atoms with Gasteiger partial charge in [-0.2, -0.15) is 8.75 Å². The average molecular weight is 362 g/mol. The van der Waals surface area contributed by atoms with Crippen molar-refractivity contribution in [3.63, 3.8) is 0 Å². The van der Waals surface area contributed by atoms with E-state index >= 15 is 0 Å². The molecule has 1 fully saturated rings. The first-order valence-electron chi connectivity index (χ1n) is 8.48. The molecule has 25 heavy (non-hydrogen) atoms. The van der Waals surface area contributed by atoms with Crippen LogP contribution in [0.3, 0.4) is 0 Å². The van der Waals surface area contributed by atoms with E-state index in [2.05, 4.69) is 14.1 Å². The molecule has 1 aliphatic heterocycles. The molecule has 0 spiro atoms. The van der Waals surface area contributed by atoms with Gasteiger partial charge in [-0.15, -0.1) is 0 Å². The molecular weight excluding hydrogens is 340 g/mol. The lowest BCUT2D eigenvalue weighted by molar-refractivity contribution is -0.124. The predicted molar refractivity (Wildman–Crippen MR) is 95.6 cm³/mol. The van der Waals surface area contributed by atoms with Crippen LogP contribution in [0.4, 0.5) is 0 Å². The fourth-order valence-corrected chi connectivity index (χ4v) is 3.73. The SMILES string of the molecule is COCC(=O)NCC[C@H]1CCCCN1C(=O)c1ccc2nsnc2c1. The zero-order chi connectivity index (χ0) is 17.6. The molecule has 2 aromatic rings. The number of nitrogens with one attached hydrogen (secondary N) is 1. The van der Waals surface area contributed by atoms with Crippen LogP contribution in [0, 0.1) is 0 Å². The van der Waals surface area contributed by atoms with Gasteiger partial charge in [-0.25, -0.2) is 0 Å². The number of rotatable bonds is 6. The summed E-state index contributed by atoms with van der Waals surface area (Å²) in [5.74, 6) is -0.0968. The second-order valence-corrected chi connectivity index (χ2v) is 6.72. The van der Waals surface area contributed by atoms with E-state index in [1.165, 1.54) is 7.11 Å². The summed E-state index contributed by atoms with van der Waals surface area (Å²) >= 11 is 1.15. The van der Waals surface area contributed by atoms with Gasteiger partial charge >= 0.3 is 0 Å². The van der Waals surface area contributed by atoms with Crippen molar-refractivity contribution in [3.05, 3.63) is 23.8 Å². The van der Waals surface area contributed by atoms with E-state index in [0.29, 0.717) is 12.1 Å². The second-order valence-electron chi connectivity index (χ2n) is 6.19. The normalized spacial score (nSPS) is 17.6. The summed E-state index contributed by atoms with van der Waals surface area (Å²) in [6.07, 6.45) is 3.84. The number of fused-ring (bicyclic) bond motifs is 1. The Morgan fingerprint density at radius 3 is 3.00 bits per heavy atom. The lowest BCUT2D eigenvalue weighted by Crippen LogP contribution is -2.45. The van der Waals surface area contributed by atoms with E-state index in [-0.39, 0.29) is 24.5 Å². The highest BCUT2D eigenvalue weighted by molar-refractivity contribution is 7.00. The maximum Gasteiger partial charge on any atom is 0.254 e. The van der Waals surface area contributed by atoms with Crippen LogP contribution in [-0.4, -0.2) is 58.3 Å². The summed E-state index contributed by atoms with van der Waals surface area (Å²) < 4.78 is 13.2. The van der Waals surface area contributed by atoms with Crippen LogP contribution in [0.25, 0.3) is 11.0 Å². The number of methoxy groups -OCH3 is 1. The van der Waals surface area contributed by atoms with Crippen LogP contribution in [0.1, 0.15) is 36.0 Å². The van der Waals surface area contributed by atoms with Gasteiger partial charge in [-0.05, 0) is 43.9 Å². The summed E-state index contributed by atoms with van der Waals surface area (Å²) in [5, 5.41) is 2.83. The second kappa shape index (κ2) is 8.35. The predicted octanol–water partition coefficient (Wildman–Crippen LogP) is 1.84. The van der Waals surface area contributed by atoms with Gasteiger partial charge in [-0.1, -0.05) is 0 Å². The minimum absolute atomic E-state index is 0.0304. The Bertz CT molecular complexity index is 748. The Balaban J connectivity index is 1.65. The number of carbonyl (C=O) groups excluding carboxylic acids is 2. The molecule has 0 unspecified atom stereocenters. The molecule has 0 aliphatic carbocycles. The number of ether oxygens (including phenoxy) is 1. The largest absolute Gasteiger partial charge is 0.375 e. The molecule has 134 valence electrons. The van der Waals surface area contributed by atoms with Gasteiger partial charge in [0.1, 0.15) is 17.6 Å². The lowest BCUT2D eigenvalue weighted by Gasteiger charge is -2.36. The monoisotopic (exact) mass is 362 g/mol. The van der Waals surface area contributed by atoms with Crippen molar-refractivity contribution in [2.75, 3.05) is 26.8 Å². The van der Waals surface area contributed by atoms with Crippen molar-refractivity contribution in [1.29, 1.82) is 0 Å². The minimum atomic E-state index is -0.127. The van der Waals surface area contributed by atoms with Crippen LogP contribution < -0.4 is 5.32 Å². The molecule has 1 aromatic heterocycles. The van der Waals surface area contributed by atoms with Gasteiger partial charge in [0.15, 0.2) is 0 Å². The zero-order valence-corrected chi connectivity index (χ0v) is 15.1. The Morgan fingerprint density at radius 2 is 2.16 bits per heavy atom. The molecule has 2 amide bonds. The number of carbonyl (C=O) groups is 2. The Labute approximate surface area is 150 Å². The number of amides is 2. The smallest absolute Gasteiger partial charge is 0.254 e. The van der Waals surface area contributed by atoms with Crippen molar-refractivity contribution in [1.82, 2.24) is 19.0 Å². The standard InChI is InChI=1S/C17H22N4O3S/c1-24-11-16(22)18-8-7-13-4-2-3-9-21(13)17(23)12-5-6-14-15(10-12)20-25-19-14/h5-6,10,13H,2-4,7-9,11H2,1H3,(H,18,22)/t13-/m1/s1. The maximum absolute atomic E-state index is 12.9. The minimum Gasteiger partial charge on any atom is -0.375 e. The third-order valence-electron chi connectivity index (χ3n) is 4.46. The van der Waals surface area contributed by atoms with Gasteiger partial charge < -0.3 is 15.0 Å². The fraction of sp³-hybridized carbons (Fsp3) is 0.529. The lowest BCUT2D eigenvalue weighted by atomic mass is 9.98. The number of hydrogen-bond acceptors (Lipinski definition) is 6. The van der Waals surface area contributed by atoms with E-state index in [0.717, 1.165) is 55.0 Å². The van der Waals surface area contributed by atoms with Gasteiger partial charge in [-0.3, -0.25) is 9.59 Å². The van der Waals surface area contributed by atoms with Crippen LogP contribution in [0.15, 0.2) is 18.2 Å². The molecule has 0 saturated carbocycles. The van der Waals surface area contributed by atoms with E-state index in [1.54, 1.807) is 0 Å². The molecule has 2 heterocycles. The number of aromatic nitrogens is 2. The molecule has 1 aromatic carbocycles. The van der Waals surface area contributed by atoms with Gasteiger partial charge in [0, 0.05) is 31.8 Å². The quantitative estimate of drug-likeness (QED) is 0.848. The molecule has 0 bridgehead atoms. The number of hydrogen-bond donors (Lipinski definition) is 1. The van der Waals surface area contributed by atoms with Crippen molar-refractivity contribution in [2.24, 2.45) is 0 Å². The summed E-state index contributed by atoms with van der Waals surface area (Å²) in [4.78, 5) is 26.4. The molecule has 7 nitrogen and oxygen atoms in total. The zero-order valence-electron chi connectivity index (χ0n) is 14.2. The van der Waals surface area contributed by atoms with Crippen LogP contribution in [0.5, 0.6) is 0 Å². The highest BCUT2D eigenvalue weighted by atomic mass is 32.1. The number of piperidine rings is 1. The Hall–Kier alpha value is -2.06. The first-order chi connectivity index (χ1) is 12.2. The molecule has 1 atom stereocenters. The van der Waals surface area contributed by atoms with E-state index in [1.807, 2.05) is 23.1 Å². The highest BCUT2D eigenvalue weighted by Gasteiger charge is 2.27. The number of benzene rings is 1. The van der Waals surface area contributed by atoms with Crippen molar-refractivity contribution >= 4 is 34.6 Å². The van der Waals surface area contributed by atoms with Crippen molar-refractivity contribution < 1.29 is 14.3 Å². The van der Waals surface area contributed by atoms with Gasteiger partial charge in [0.25, 0.3) is 5.91 Å². The molecule has 8 heteroatoms. The third-order valence-corrected chi connectivity index (χ3v) is 5.02. The van der Waals surface area contributed by atoms with Crippen molar-refractivity contribution in [3.8, 4) is 0 Å². The fourth-order valence-electron chi connectivity index (χ4n) is 3.21. The van der Waals surface area contributed by atoms with Crippen LogP contribution in [-0.2, 0) is 9.53 Å². The van der Waals surface area contributed by atoms with Crippen molar-refractivity contribution in [2.45, 2.75) is 31.7 Å². The maximum atomic E-state index is 12.9. The molecule has 3 rings (SSSR count). The Kier molecular flexibility index (Phi) is 5.93. The topological polar surface area (TPSA) is 84.4 Å². The summed E-state index contributed by atoms with van der Waals surface area (Å²) in [6, 6.07) is 5.62. The first kappa shape index (κ1) is 17.8. The summed E-state index contributed by atoms with van der Waals surface area (Å²) in [7, 11) is 1.50. The van der Waals surface area contributed by atoms with E-state index in [4.69, 9.17) is 4.74 Å².